The quantitative estimate of drug-likeness (QED) is 0.453. The average molecular weight is 203 g/mol. The second kappa shape index (κ2) is 25.4. The zero-order chi connectivity index (χ0) is 4.71. The molecule has 0 aliphatic carbocycles. The first-order valence-electron chi connectivity index (χ1n) is 0.537. The van der Waals surface area contributed by atoms with Gasteiger partial charge in [0.05, 0.1) is 0 Å². The van der Waals surface area contributed by atoms with E-state index in [-0.39, 0.29) is 0 Å². The van der Waals surface area contributed by atoms with Crippen LogP contribution in [0.15, 0.2) is 0 Å². The molecule has 30 valence electrons. The van der Waals surface area contributed by atoms with Gasteiger partial charge in [0, 0.05) is 0 Å². The summed E-state index contributed by atoms with van der Waals surface area (Å²) in [6, 6.07) is 0. The fourth-order valence-electron chi connectivity index (χ4n) is 0. The Balaban J connectivity index is 0. The van der Waals surface area contributed by atoms with Crippen LogP contribution in [0.4, 0.5) is 0 Å². The van der Waals surface area contributed by atoms with Gasteiger partial charge in [-0.15, -0.1) is 0 Å². The molecule has 5 heteroatoms. The third kappa shape index (κ3) is 137. The van der Waals surface area contributed by atoms with Crippen molar-refractivity contribution in [1.29, 1.82) is 0 Å². The summed E-state index contributed by atoms with van der Waals surface area (Å²) in [6.45, 7) is 0. The monoisotopic (exact) mass is 202 g/mol. The molecule has 0 unspecified atom stereocenters. The predicted octanol–water partition coefficient (Wildman–Crippen LogP) is -1.44. The van der Waals surface area contributed by atoms with E-state index < -0.39 is 11.6 Å². The van der Waals surface area contributed by atoms with Gasteiger partial charge in [-0.1, -0.05) is 0 Å². The summed E-state index contributed by atoms with van der Waals surface area (Å²) < 4.78 is 24.9. The summed E-state index contributed by atoms with van der Waals surface area (Å²) in [4.78, 5) is 0. The first kappa shape index (κ1) is 9.06. The Morgan fingerprint density at radius 2 is 1.20 bits per heavy atom. The molecule has 0 atom stereocenters. The van der Waals surface area contributed by atoms with Crippen LogP contribution in [0.1, 0.15) is 0 Å². The maximum atomic E-state index is 8.34. The summed E-state index contributed by atoms with van der Waals surface area (Å²) in [5, 5.41) is 0. The van der Waals surface area contributed by atoms with Crippen LogP contribution in [0.5, 0.6) is 0 Å². The van der Waals surface area contributed by atoms with Crippen LogP contribution in [0, 0.1) is 0 Å². The number of hydrogen-bond acceptors (Lipinski definition) is 3. The van der Waals surface area contributed by atoms with Crippen LogP contribution in [-0.4, -0.2) is 31.4 Å². The Kier molecular flexibility index (Phi) is 46.0. The van der Waals surface area contributed by atoms with Crippen molar-refractivity contribution in [3.05, 3.63) is 0 Å². The summed E-state index contributed by atoms with van der Waals surface area (Å²) in [7, 11) is 0. The Hall–Kier alpha value is 0.438. The molecule has 0 aromatic heterocycles. The first-order valence-corrected chi connectivity index (χ1v) is 2.37. The molecule has 0 aliphatic rings. The van der Waals surface area contributed by atoms with Crippen molar-refractivity contribution in [3.8, 4) is 0 Å². The molecular weight excluding hydrogens is 202 g/mol. The molecule has 0 amide bonds. The molecule has 0 aliphatic heterocycles. The fourth-order valence-corrected chi connectivity index (χ4v) is 0. The van der Waals surface area contributed by atoms with Crippen LogP contribution in [0.25, 0.3) is 0 Å². The molecule has 0 aromatic rings. The minimum atomic E-state index is -0.750. The van der Waals surface area contributed by atoms with E-state index in [1.807, 2.05) is 0 Å². The fraction of sp³-hybridized carbons (Fsp3) is 0. The summed E-state index contributed by atoms with van der Waals surface area (Å²) in [5.74, 6) is 0. The Morgan fingerprint density at radius 1 is 1.20 bits per heavy atom. The van der Waals surface area contributed by atoms with Gasteiger partial charge in [0.15, 0.2) is 0 Å². The van der Waals surface area contributed by atoms with E-state index in [1.54, 1.807) is 0 Å². The van der Waals surface area contributed by atoms with Gasteiger partial charge >= 0.3 is 37.6 Å². The van der Waals surface area contributed by atoms with Crippen LogP contribution >= 0.6 is 0 Å². The number of hydrogen-bond donors (Lipinski definition) is 0. The van der Waals surface area contributed by atoms with Crippen molar-refractivity contribution < 1.29 is 11.4 Å². The molecule has 0 N–H and O–H groups in total. The van der Waals surface area contributed by atoms with Gasteiger partial charge in [-0.3, -0.25) is 0 Å². The van der Waals surface area contributed by atoms with E-state index >= 15 is 0 Å². The van der Waals surface area contributed by atoms with Gasteiger partial charge in [0.2, 0.25) is 0 Å². The van der Waals surface area contributed by atoms with Gasteiger partial charge < -0.3 is 0 Å². The van der Waals surface area contributed by atoms with Crippen LogP contribution in [-0.2, 0) is 14.6 Å². The summed E-state index contributed by atoms with van der Waals surface area (Å²) in [6.07, 6.45) is 0. The standard InChI is InChI=1S/O2S.O.Sb.H/c1-3-2;;;. The normalized spacial score (nSPS) is 3.20. The topological polar surface area (TPSA) is 51.2 Å². The van der Waals surface area contributed by atoms with Crippen molar-refractivity contribution >= 4 is 34.6 Å². The third-order valence-electron chi connectivity index (χ3n) is 0. The van der Waals surface area contributed by atoms with E-state index in [4.69, 9.17) is 11.4 Å². The molecule has 0 bridgehead atoms. The van der Waals surface area contributed by atoms with Gasteiger partial charge in [0.1, 0.15) is 0 Å². The molecule has 5 heavy (non-hydrogen) atoms. The van der Waals surface area contributed by atoms with Gasteiger partial charge in [-0.2, -0.15) is 8.42 Å². The second-order valence-corrected chi connectivity index (χ2v) is 0.204. The molecule has 0 radical (unpaired) electrons. The first-order chi connectivity index (χ1) is 2.41. The SMILES string of the molecule is O=S=O.[O]=[SbH]. The van der Waals surface area contributed by atoms with Gasteiger partial charge in [-0.25, -0.2) is 0 Å². The zero-order valence-corrected chi connectivity index (χ0v) is 5.80. The van der Waals surface area contributed by atoms with Crippen LogP contribution < -0.4 is 0 Å². The third-order valence-corrected chi connectivity index (χ3v) is 0. The summed E-state index contributed by atoms with van der Waals surface area (Å²) >= 11 is -0.450. The van der Waals surface area contributed by atoms with Crippen LogP contribution in [0.3, 0.4) is 0 Å². The Labute approximate surface area is 46.2 Å². The van der Waals surface area contributed by atoms with Crippen molar-refractivity contribution in [3.63, 3.8) is 0 Å². The van der Waals surface area contributed by atoms with Gasteiger partial charge in [-0.05, 0) is 0 Å². The maximum absolute atomic E-state index is 8.34. The van der Waals surface area contributed by atoms with Gasteiger partial charge in [0.25, 0.3) is 0 Å². The van der Waals surface area contributed by atoms with Crippen molar-refractivity contribution in [2.75, 3.05) is 0 Å². The van der Waals surface area contributed by atoms with E-state index in [9.17, 15) is 0 Å². The Bertz CT molecular complexity index is 36.2. The zero-order valence-electron chi connectivity index (χ0n) is 2.13. The molecular formula is HO3SSb. The Morgan fingerprint density at radius 3 is 1.20 bits per heavy atom. The predicted molar refractivity (Wildman–Crippen MR) is 16.8 cm³/mol. The molecule has 0 spiro atoms. The van der Waals surface area contributed by atoms with Crippen molar-refractivity contribution in [2.24, 2.45) is 0 Å². The molecule has 0 saturated carbocycles. The van der Waals surface area contributed by atoms with E-state index in [0.717, 1.165) is 0 Å². The second-order valence-electron chi connectivity index (χ2n) is 0.0680. The number of rotatable bonds is 0. The molecule has 0 fully saturated rings. The van der Waals surface area contributed by atoms with Crippen LogP contribution in [0.2, 0.25) is 0 Å². The van der Waals surface area contributed by atoms with Crippen molar-refractivity contribution in [1.82, 2.24) is 0 Å². The molecule has 0 aromatic carbocycles. The van der Waals surface area contributed by atoms with E-state index in [2.05, 4.69) is 0 Å². The summed E-state index contributed by atoms with van der Waals surface area (Å²) in [5.41, 5.74) is 0. The molecule has 0 rings (SSSR count). The molecule has 0 heterocycles. The van der Waals surface area contributed by atoms with E-state index in [0.29, 0.717) is 23.0 Å². The molecule has 3 nitrogen and oxygen atoms in total. The average Bonchev–Trinajstić information content (AvgIpc) is 1.46. The van der Waals surface area contributed by atoms with E-state index in [1.165, 1.54) is 0 Å². The van der Waals surface area contributed by atoms with Crippen molar-refractivity contribution in [2.45, 2.75) is 0 Å². The minimum absolute atomic E-state index is 0.300. The molecule has 0 saturated heterocycles.